The van der Waals surface area contributed by atoms with Crippen molar-refractivity contribution in [1.29, 1.82) is 0 Å². The molecule has 2 N–H and O–H groups in total. The Morgan fingerprint density at radius 1 is 1.16 bits per heavy atom. The van der Waals surface area contributed by atoms with E-state index in [0.717, 1.165) is 60.0 Å². The van der Waals surface area contributed by atoms with Crippen molar-refractivity contribution in [2.75, 3.05) is 24.8 Å². The van der Waals surface area contributed by atoms with Crippen molar-refractivity contribution in [3.05, 3.63) is 36.7 Å². The van der Waals surface area contributed by atoms with E-state index in [2.05, 4.69) is 16.0 Å². The number of hydrogen-bond acceptors (Lipinski definition) is 6. The van der Waals surface area contributed by atoms with Crippen LogP contribution in [0.25, 0.3) is 16.8 Å². The summed E-state index contributed by atoms with van der Waals surface area (Å²) in [5.74, 6) is 2.48. The van der Waals surface area contributed by atoms with Gasteiger partial charge in [0.2, 0.25) is 6.79 Å². The van der Waals surface area contributed by atoms with Gasteiger partial charge in [0.25, 0.3) is 0 Å². The average Bonchev–Trinajstić information content (AvgIpc) is 3.27. The lowest BCUT2D eigenvalue weighted by molar-refractivity contribution is 0.174. The van der Waals surface area contributed by atoms with Crippen LogP contribution in [0.1, 0.15) is 12.8 Å². The number of nitrogens with zero attached hydrogens (tertiary/aromatic N) is 4. The molecule has 7 nitrogen and oxygen atoms in total. The van der Waals surface area contributed by atoms with Crippen LogP contribution in [0.4, 0.5) is 5.82 Å². The summed E-state index contributed by atoms with van der Waals surface area (Å²) in [6, 6.07) is 8.16. The molecule has 2 aliphatic rings. The molecule has 0 amide bonds. The Labute approximate surface area is 145 Å². The van der Waals surface area contributed by atoms with Crippen LogP contribution in [-0.2, 0) is 0 Å². The van der Waals surface area contributed by atoms with E-state index in [4.69, 9.17) is 20.3 Å². The van der Waals surface area contributed by atoms with E-state index in [9.17, 15) is 0 Å². The molecule has 2 aliphatic heterocycles. The van der Waals surface area contributed by atoms with Gasteiger partial charge in [0.15, 0.2) is 17.3 Å². The first-order valence-corrected chi connectivity index (χ1v) is 8.53. The summed E-state index contributed by atoms with van der Waals surface area (Å²) in [4.78, 5) is 6.85. The lowest BCUT2D eigenvalue weighted by Crippen LogP contribution is -2.43. The van der Waals surface area contributed by atoms with E-state index >= 15 is 0 Å². The quantitative estimate of drug-likeness (QED) is 0.771. The normalized spacial score (nSPS) is 19.6. The second kappa shape index (κ2) is 5.63. The summed E-state index contributed by atoms with van der Waals surface area (Å²) in [5.41, 5.74) is 9.01. The van der Waals surface area contributed by atoms with Crippen molar-refractivity contribution in [2.24, 2.45) is 5.73 Å². The van der Waals surface area contributed by atoms with Gasteiger partial charge in [-0.15, -0.1) is 0 Å². The fourth-order valence-electron chi connectivity index (χ4n) is 3.55. The van der Waals surface area contributed by atoms with E-state index in [1.807, 2.05) is 28.9 Å². The molecule has 1 aromatic carbocycles. The SMILES string of the molecule is NC1CCCN(c2nccn3nc(-c4ccc5c(c4)OCO5)cc23)C1. The predicted octanol–water partition coefficient (Wildman–Crippen LogP) is 2.05. The molecule has 128 valence electrons. The number of hydrogen-bond donors (Lipinski definition) is 1. The molecule has 1 saturated heterocycles. The van der Waals surface area contributed by atoms with Crippen LogP contribution in [0, 0.1) is 0 Å². The largest absolute Gasteiger partial charge is 0.454 e. The minimum atomic E-state index is 0.201. The minimum absolute atomic E-state index is 0.201. The maximum atomic E-state index is 6.14. The van der Waals surface area contributed by atoms with Gasteiger partial charge in [-0.1, -0.05) is 0 Å². The Balaban J connectivity index is 1.56. The van der Waals surface area contributed by atoms with E-state index in [-0.39, 0.29) is 12.8 Å². The number of anilines is 1. The first-order valence-electron chi connectivity index (χ1n) is 8.53. The summed E-state index contributed by atoms with van der Waals surface area (Å²) in [5, 5.41) is 4.71. The van der Waals surface area contributed by atoms with E-state index in [0.29, 0.717) is 0 Å². The highest BCUT2D eigenvalue weighted by Gasteiger charge is 2.21. The third kappa shape index (κ3) is 2.47. The molecule has 2 aromatic heterocycles. The Kier molecular flexibility index (Phi) is 3.27. The number of nitrogens with two attached hydrogens (primary N) is 1. The monoisotopic (exact) mass is 337 g/mol. The Morgan fingerprint density at radius 3 is 3.00 bits per heavy atom. The second-order valence-corrected chi connectivity index (χ2v) is 6.53. The number of piperidine rings is 1. The van der Waals surface area contributed by atoms with Crippen molar-refractivity contribution in [3.8, 4) is 22.8 Å². The van der Waals surface area contributed by atoms with Gasteiger partial charge in [0.1, 0.15) is 5.52 Å². The van der Waals surface area contributed by atoms with Crippen molar-refractivity contribution in [2.45, 2.75) is 18.9 Å². The smallest absolute Gasteiger partial charge is 0.231 e. The molecular weight excluding hydrogens is 318 g/mol. The highest BCUT2D eigenvalue weighted by atomic mass is 16.7. The lowest BCUT2D eigenvalue weighted by atomic mass is 10.1. The van der Waals surface area contributed by atoms with Crippen LogP contribution in [0.15, 0.2) is 36.7 Å². The predicted molar refractivity (Wildman–Crippen MR) is 94.0 cm³/mol. The number of ether oxygens (including phenoxy) is 2. The Hall–Kier alpha value is -2.80. The highest BCUT2D eigenvalue weighted by molar-refractivity contribution is 5.76. The molecule has 0 aliphatic carbocycles. The third-order valence-corrected chi connectivity index (χ3v) is 4.80. The highest BCUT2D eigenvalue weighted by Crippen LogP contribution is 2.36. The third-order valence-electron chi connectivity index (χ3n) is 4.80. The zero-order valence-corrected chi connectivity index (χ0v) is 13.8. The van der Waals surface area contributed by atoms with E-state index < -0.39 is 0 Å². The van der Waals surface area contributed by atoms with Crippen LogP contribution in [0.3, 0.4) is 0 Å². The topological polar surface area (TPSA) is 77.9 Å². The van der Waals surface area contributed by atoms with Gasteiger partial charge < -0.3 is 20.1 Å². The Bertz CT molecular complexity index is 938. The first kappa shape index (κ1) is 14.5. The Morgan fingerprint density at radius 2 is 2.08 bits per heavy atom. The van der Waals surface area contributed by atoms with Crippen LogP contribution >= 0.6 is 0 Å². The molecule has 3 aromatic rings. The summed E-state index contributed by atoms with van der Waals surface area (Å²) in [6.45, 7) is 2.08. The van der Waals surface area contributed by atoms with Gasteiger partial charge >= 0.3 is 0 Å². The van der Waals surface area contributed by atoms with Gasteiger partial charge in [-0.2, -0.15) is 5.10 Å². The summed E-state index contributed by atoms with van der Waals surface area (Å²) < 4.78 is 12.7. The fraction of sp³-hybridized carbons (Fsp3) is 0.333. The zero-order chi connectivity index (χ0) is 16.8. The number of rotatable bonds is 2. The molecule has 0 bridgehead atoms. The van der Waals surface area contributed by atoms with Crippen LogP contribution in [0.5, 0.6) is 11.5 Å². The molecule has 7 heteroatoms. The molecule has 4 heterocycles. The van der Waals surface area contributed by atoms with Gasteiger partial charge in [-0.3, -0.25) is 0 Å². The maximum absolute atomic E-state index is 6.14. The maximum Gasteiger partial charge on any atom is 0.231 e. The first-order chi connectivity index (χ1) is 12.3. The zero-order valence-electron chi connectivity index (χ0n) is 13.8. The van der Waals surface area contributed by atoms with Crippen molar-refractivity contribution < 1.29 is 9.47 Å². The number of aromatic nitrogens is 3. The van der Waals surface area contributed by atoms with Crippen LogP contribution < -0.4 is 20.1 Å². The van der Waals surface area contributed by atoms with E-state index in [1.54, 1.807) is 6.20 Å². The van der Waals surface area contributed by atoms with Crippen molar-refractivity contribution >= 4 is 11.3 Å². The molecule has 0 radical (unpaired) electrons. The van der Waals surface area contributed by atoms with Crippen molar-refractivity contribution in [3.63, 3.8) is 0 Å². The number of benzene rings is 1. The molecule has 1 unspecified atom stereocenters. The molecule has 0 saturated carbocycles. The fourth-order valence-corrected chi connectivity index (χ4v) is 3.55. The lowest BCUT2D eigenvalue weighted by Gasteiger charge is -2.31. The molecule has 1 atom stereocenters. The molecule has 5 rings (SSSR count). The summed E-state index contributed by atoms with van der Waals surface area (Å²) in [7, 11) is 0. The van der Waals surface area contributed by atoms with Gasteiger partial charge in [0.05, 0.1) is 5.69 Å². The van der Waals surface area contributed by atoms with Gasteiger partial charge in [-0.25, -0.2) is 9.50 Å². The minimum Gasteiger partial charge on any atom is -0.454 e. The number of fused-ring (bicyclic) bond motifs is 2. The second-order valence-electron chi connectivity index (χ2n) is 6.53. The summed E-state index contributed by atoms with van der Waals surface area (Å²) >= 11 is 0. The molecule has 25 heavy (non-hydrogen) atoms. The van der Waals surface area contributed by atoms with E-state index in [1.165, 1.54) is 0 Å². The van der Waals surface area contributed by atoms with Crippen molar-refractivity contribution in [1.82, 2.24) is 14.6 Å². The standard InChI is InChI=1S/C18H19N5O2/c19-13-2-1-6-22(10-13)18-15-9-14(21-23(15)7-5-20-18)12-3-4-16-17(8-12)25-11-24-16/h3-5,7-9,13H,1-2,6,10-11,19H2. The summed E-state index contributed by atoms with van der Waals surface area (Å²) in [6.07, 6.45) is 5.83. The molecule has 1 fully saturated rings. The molecule has 0 spiro atoms. The average molecular weight is 337 g/mol. The van der Waals surface area contributed by atoms with Gasteiger partial charge in [0, 0.05) is 37.1 Å². The van der Waals surface area contributed by atoms with Gasteiger partial charge in [-0.05, 0) is 37.1 Å². The van der Waals surface area contributed by atoms with Crippen LogP contribution in [0.2, 0.25) is 0 Å². The molecular formula is C18H19N5O2. The van der Waals surface area contributed by atoms with Crippen LogP contribution in [-0.4, -0.2) is 40.5 Å².